The Hall–Kier alpha value is -1.74. The smallest absolute Gasteiger partial charge is 0.0440 e. The molecule has 0 fully saturated rings. The lowest BCUT2D eigenvalue weighted by molar-refractivity contribution is 0.290. The molecule has 0 aliphatic carbocycles. The second-order valence-corrected chi connectivity index (χ2v) is 3.84. The zero-order valence-corrected chi connectivity index (χ0v) is 10.4. The monoisotopic (exact) mass is 242 g/mol. The molecule has 94 valence electrons. The highest BCUT2D eigenvalue weighted by molar-refractivity contribution is 5.43. The third kappa shape index (κ3) is 6.11. The molecule has 0 aromatic heterocycles. The summed E-state index contributed by atoms with van der Waals surface area (Å²) in [5.41, 5.74) is 1.89. The van der Waals surface area contributed by atoms with E-state index in [1.807, 2.05) is 24.3 Å². The SMILES string of the molecule is OCCCC#Cc1cccc(C#CCCCO)c1. The molecule has 0 heterocycles. The van der Waals surface area contributed by atoms with Crippen molar-refractivity contribution in [3.8, 4) is 23.7 Å². The van der Waals surface area contributed by atoms with Crippen LogP contribution >= 0.6 is 0 Å². The molecular weight excluding hydrogens is 224 g/mol. The van der Waals surface area contributed by atoms with Crippen LogP contribution < -0.4 is 0 Å². The van der Waals surface area contributed by atoms with Gasteiger partial charge in [-0.25, -0.2) is 0 Å². The van der Waals surface area contributed by atoms with Crippen LogP contribution in [-0.2, 0) is 0 Å². The van der Waals surface area contributed by atoms with Gasteiger partial charge in [0.1, 0.15) is 0 Å². The Balaban J connectivity index is 2.59. The molecule has 0 atom stereocenters. The Kier molecular flexibility index (Phi) is 7.40. The van der Waals surface area contributed by atoms with Gasteiger partial charge in [-0.1, -0.05) is 29.7 Å². The zero-order valence-electron chi connectivity index (χ0n) is 10.4. The fourth-order valence-corrected chi connectivity index (χ4v) is 1.34. The number of hydrogen-bond donors (Lipinski definition) is 2. The van der Waals surface area contributed by atoms with E-state index in [-0.39, 0.29) is 13.2 Å². The maximum Gasteiger partial charge on any atom is 0.0440 e. The van der Waals surface area contributed by atoms with Crippen molar-refractivity contribution < 1.29 is 10.2 Å². The lowest BCUT2D eigenvalue weighted by atomic mass is 10.1. The molecular formula is C16H18O2. The summed E-state index contributed by atoms with van der Waals surface area (Å²) in [6, 6.07) is 7.79. The lowest BCUT2D eigenvalue weighted by Gasteiger charge is -1.92. The number of unbranched alkanes of at least 4 members (excludes halogenated alkanes) is 2. The van der Waals surface area contributed by atoms with E-state index in [4.69, 9.17) is 10.2 Å². The molecule has 18 heavy (non-hydrogen) atoms. The van der Waals surface area contributed by atoms with Crippen molar-refractivity contribution in [3.05, 3.63) is 35.4 Å². The second kappa shape index (κ2) is 9.31. The summed E-state index contributed by atoms with van der Waals surface area (Å²) in [5.74, 6) is 12.1. The molecule has 1 rings (SSSR count). The lowest BCUT2D eigenvalue weighted by Crippen LogP contribution is -1.81. The van der Waals surface area contributed by atoms with Gasteiger partial charge in [0.05, 0.1) is 0 Å². The highest BCUT2D eigenvalue weighted by Gasteiger charge is 1.89. The zero-order chi connectivity index (χ0) is 13.1. The molecule has 2 N–H and O–H groups in total. The molecule has 0 amide bonds. The summed E-state index contributed by atoms with van der Waals surface area (Å²) in [6.07, 6.45) is 2.85. The van der Waals surface area contributed by atoms with Crippen molar-refractivity contribution in [2.24, 2.45) is 0 Å². The van der Waals surface area contributed by atoms with Crippen molar-refractivity contribution in [2.75, 3.05) is 13.2 Å². The number of aliphatic hydroxyl groups excluding tert-OH is 2. The molecule has 1 aromatic carbocycles. The first-order valence-corrected chi connectivity index (χ1v) is 6.16. The van der Waals surface area contributed by atoms with E-state index < -0.39 is 0 Å². The highest BCUT2D eigenvalue weighted by atomic mass is 16.3. The molecule has 1 aromatic rings. The number of aliphatic hydroxyl groups is 2. The van der Waals surface area contributed by atoms with E-state index in [0.717, 1.165) is 11.1 Å². The van der Waals surface area contributed by atoms with Crippen LogP contribution in [0.15, 0.2) is 24.3 Å². The first kappa shape index (κ1) is 14.3. The van der Waals surface area contributed by atoms with Crippen LogP contribution in [0.3, 0.4) is 0 Å². The average molecular weight is 242 g/mol. The molecule has 0 aliphatic heterocycles. The maximum atomic E-state index is 8.64. The van der Waals surface area contributed by atoms with Crippen LogP contribution in [0.25, 0.3) is 0 Å². The highest BCUT2D eigenvalue weighted by Crippen LogP contribution is 2.03. The average Bonchev–Trinajstić information content (AvgIpc) is 2.40. The van der Waals surface area contributed by atoms with Gasteiger partial charge in [0.2, 0.25) is 0 Å². The minimum absolute atomic E-state index is 0.186. The Morgan fingerprint density at radius 3 is 1.78 bits per heavy atom. The third-order valence-electron chi connectivity index (χ3n) is 2.25. The van der Waals surface area contributed by atoms with Crippen molar-refractivity contribution >= 4 is 0 Å². The Labute approximate surface area is 109 Å². The van der Waals surface area contributed by atoms with Crippen molar-refractivity contribution in [3.63, 3.8) is 0 Å². The predicted molar refractivity (Wildman–Crippen MR) is 72.8 cm³/mol. The van der Waals surface area contributed by atoms with Gasteiger partial charge in [-0.15, -0.1) is 0 Å². The molecule has 0 saturated carbocycles. The summed E-state index contributed by atoms with van der Waals surface area (Å²) >= 11 is 0. The first-order chi connectivity index (χ1) is 8.86. The van der Waals surface area contributed by atoms with Crippen LogP contribution in [-0.4, -0.2) is 23.4 Å². The Morgan fingerprint density at radius 2 is 1.33 bits per heavy atom. The fraction of sp³-hybridized carbons (Fsp3) is 0.375. The van der Waals surface area contributed by atoms with Gasteiger partial charge in [0.15, 0.2) is 0 Å². The maximum absolute atomic E-state index is 8.64. The number of rotatable bonds is 4. The molecule has 0 aliphatic rings. The van der Waals surface area contributed by atoms with Gasteiger partial charge >= 0.3 is 0 Å². The standard InChI is InChI=1S/C16H18O2/c17-12-5-1-3-8-15-10-7-11-16(14-15)9-4-2-6-13-18/h7,10-11,14,17-18H,1-2,5-6,12-13H2. The summed E-state index contributed by atoms with van der Waals surface area (Å²) in [7, 11) is 0. The van der Waals surface area contributed by atoms with Crippen LogP contribution in [0.4, 0.5) is 0 Å². The summed E-state index contributed by atoms with van der Waals surface area (Å²) < 4.78 is 0. The van der Waals surface area contributed by atoms with Crippen LogP contribution in [0.2, 0.25) is 0 Å². The first-order valence-electron chi connectivity index (χ1n) is 6.16. The van der Waals surface area contributed by atoms with Crippen LogP contribution in [0, 0.1) is 23.7 Å². The van der Waals surface area contributed by atoms with Gasteiger partial charge in [-0.05, 0) is 31.0 Å². The second-order valence-electron chi connectivity index (χ2n) is 3.84. The van der Waals surface area contributed by atoms with E-state index in [2.05, 4.69) is 23.7 Å². The summed E-state index contributed by atoms with van der Waals surface area (Å²) in [6.45, 7) is 0.371. The normalized spacial score (nSPS) is 9.00. The van der Waals surface area contributed by atoms with E-state index in [0.29, 0.717) is 25.7 Å². The fourth-order valence-electron chi connectivity index (χ4n) is 1.34. The Morgan fingerprint density at radius 1 is 0.833 bits per heavy atom. The molecule has 0 spiro atoms. The van der Waals surface area contributed by atoms with Gasteiger partial charge in [0.25, 0.3) is 0 Å². The molecule has 0 radical (unpaired) electrons. The van der Waals surface area contributed by atoms with Gasteiger partial charge < -0.3 is 10.2 Å². The summed E-state index contributed by atoms with van der Waals surface area (Å²) in [4.78, 5) is 0. The quantitative estimate of drug-likeness (QED) is 0.625. The molecule has 2 heteroatoms. The van der Waals surface area contributed by atoms with Crippen molar-refractivity contribution in [1.82, 2.24) is 0 Å². The minimum Gasteiger partial charge on any atom is -0.396 e. The van der Waals surface area contributed by atoms with Crippen LogP contribution in [0.1, 0.15) is 36.8 Å². The molecule has 0 bridgehead atoms. The predicted octanol–water partition coefficient (Wildman–Crippen LogP) is 1.93. The van der Waals surface area contributed by atoms with E-state index in [1.54, 1.807) is 0 Å². The largest absolute Gasteiger partial charge is 0.396 e. The van der Waals surface area contributed by atoms with Gasteiger partial charge in [0, 0.05) is 37.2 Å². The molecule has 2 nitrogen and oxygen atoms in total. The summed E-state index contributed by atoms with van der Waals surface area (Å²) in [5, 5.41) is 17.3. The molecule has 0 unspecified atom stereocenters. The van der Waals surface area contributed by atoms with Gasteiger partial charge in [-0.3, -0.25) is 0 Å². The van der Waals surface area contributed by atoms with E-state index in [1.165, 1.54) is 0 Å². The topological polar surface area (TPSA) is 40.5 Å². The number of benzene rings is 1. The van der Waals surface area contributed by atoms with Crippen molar-refractivity contribution in [2.45, 2.75) is 25.7 Å². The third-order valence-corrected chi connectivity index (χ3v) is 2.25. The Bertz CT molecular complexity index is 428. The van der Waals surface area contributed by atoms with Gasteiger partial charge in [-0.2, -0.15) is 0 Å². The van der Waals surface area contributed by atoms with Crippen molar-refractivity contribution in [1.29, 1.82) is 0 Å². The molecule has 0 saturated heterocycles. The number of hydrogen-bond acceptors (Lipinski definition) is 2. The van der Waals surface area contributed by atoms with E-state index >= 15 is 0 Å². The minimum atomic E-state index is 0.186. The van der Waals surface area contributed by atoms with E-state index in [9.17, 15) is 0 Å². The van der Waals surface area contributed by atoms with Crippen LogP contribution in [0.5, 0.6) is 0 Å².